The third-order valence-corrected chi connectivity index (χ3v) is 4.91. The molecule has 0 aliphatic carbocycles. The van der Waals surface area contributed by atoms with Crippen LogP contribution in [0, 0.1) is 0 Å². The van der Waals surface area contributed by atoms with Gasteiger partial charge < -0.3 is 9.84 Å². The minimum atomic E-state index is -0.613. The number of benzene rings is 2. The molecule has 0 saturated carbocycles. The number of hydrogen-bond donors (Lipinski definition) is 2. The van der Waals surface area contributed by atoms with E-state index in [0.717, 1.165) is 0 Å². The molecule has 0 spiro atoms. The zero-order valence-corrected chi connectivity index (χ0v) is 17.0. The van der Waals surface area contributed by atoms with E-state index in [2.05, 4.69) is 21.2 Å². The fourth-order valence-electron chi connectivity index (χ4n) is 2.48. The number of anilines is 1. The van der Waals surface area contributed by atoms with Gasteiger partial charge >= 0.3 is 0 Å². The number of aromatic hydroxyl groups is 1. The molecule has 1 aliphatic rings. The third-order valence-electron chi connectivity index (χ3n) is 3.77. The summed E-state index contributed by atoms with van der Waals surface area (Å²) in [6, 6.07) is 9.56. The van der Waals surface area contributed by atoms with E-state index in [-0.39, 0.29) is 22.2 Å². The topological polar surface area (TPSA) is 78.9 Å². The lowest BCUT2D eigenvalue weighted by atomic mass is 10.1. The minimum absolute atomic E-state index is 0.0195. The van der Waals surface area contributed by atoms with Crippen LogP contribution >= 0.6 is 39.7 Å². The van der Waals surface area contributed by atoms with Crippen molar-refractivity contribution in [1.29, 1.82) is 0 Å². The first kappa shape index (κ1) is 19.3. The van der Waals surface area contributed by atoms with Crippen LogP contribution in [-0.2, 0) is 9.59 Å². The Bertz CT molecular complexity index is 992. The van der Waals surface area contributed by atoms with E-state index in [4.69, 9.17) is 28.6 Å². The van der Waals surface area contributed by atoms with E-state index in [1.54, 1.807) is 30.3 Å². The number of halogens is 2. The maximum atomic E-state index is 12.9. The van der Waals surface area contributed by atoms with Gasteiger partial charge in [-0.15, -0.1) is 0 Å². The summed E-state index contributed by atoms with van der Waals surface area (Å²) in [5.41, 5.74) is 0.849. The maximum Gasteiger partial charge on any atom is 0.270 e. The number of carbonyl (C=O) groups excluding carboxylic acids is 2. The van der Waals surface area contributed by atoms with Gasteiger partial charge in [-0.3, -0.25) is 19.8 Å². The first-order valence-corrected chi connectivity index (χ1v) is 9.13. The highest BCUT2D eigenvalue weighted by Crippen LogP contribution is 2.36. The van der Waals surface area contributed by atoms with Crippen LogP contribution in [0.1, 0.15) is 5.56 Å². The van der Waals surface area contributed by atoms with Gasteiger partial charge in [-0.2, -0.15) is 0 Å². The molecule has 0 unspecified atom stereocenters. The van der Waals surface area contributed by atoms with Crippen LogP contribution in [0.4, 0.5) is 5.69 Å². The van der Waals surface area contributed by atoms with Crippen molar-refractivity contribution < 1.29 is 19.4 Å². The maximum absolute atomic E-state index is 12.9. The van der Waals surface area contributed by atoms with Crippen LogP contribution in [0.2, 0.25) is 5.02 Å². The number of phenolic OH excluding ortho intramolecular Hbond substituents is 1. The Morgan fingerprint density at radius 2 is 1.93 bits per heavy atom. The van der Waals surface area contributed by atoms with Crippen molar-refractivity contribution in [2.45, 2.75) is 0 Å². The molecule has 6 nitrogen and oxygen atoms in total. The van der Waals surface area contributed by atoms with E-state index in [9.17, 15) is 14.7 Å². The predicted octanol–water partition coefficient (Wildman–Crippen LogP) is 3.65. The van der Waals surface area contributed by atoms with Crippen LogP contribution < -0.4 is 15.0 Å². The van der Waals surface area contributed by atoms with Gasteiger partial charge in [-0.1, -0.05) is 11.6 Å². The number of nitrogens with zero attached hydrogens (tertiary/aromatic N) is 1. The quantitative estimate of drug-likeness (QED) is 0.409. The molecule has 1 heterocycles. The number of nitrogens with one attached hydrogen (secondary N) is 1. The van der Waals surface area contributed by atoms with E-state index < -0.39 is 11.8 Å². The molecule has 1 saturated heterocycles. The normalized spacial score (nSPS) is 15.9. The average Bonchev–Trinajstić information content (AvgIpc) is 2.62. The van der Waals surface area contributed by atoms with Gasteiger partial charge in [-0.25, -0.2) is 0 Å². The molecule has 2 aromatic carbocycles. The summed E-state index contributed by atoms with van der Waals surface area (Å²) < 4.78 is 5.45. The summed E-state index contributed by atoms with van der Waals surface area (Å²) in [6.07, 6.45) is 1.40. The van der Waals surface area contributed by atoms with Crippen LogP contribution in [-0.4, -0.2) is 29.1 Å². The van der Waals surface area contributed by atoms with Gasteiger partial charge in [0, 0.05) is 5.02 Å². The molecule has 9 heteroatoms. The lowest BCUT2D eigenvalue weighted by molar-refractivity contribution is -0.122. The highest BCUT2D eigenvalue weighted by molar-refractivity contribution is 9.10. The molecule has 0 atom stereocenters. The molecule has 27 heavy (non-hydrogen) atoms. The largest absolute Gasteiger partial charge is 0.503 e. The molecule has 0 aromatic heterocycles. The smallest absolute Gasteiger partial charge is 0.270 e. The summed E-state index contributed by atoms with van der Waals surface area (Å²) >= 11 is 14.2. The first-order chi connectivity index (χ1) is 12.8. The standard InChI is InChI=1S/C18H12BrClN2O4S/c1-26-14-8-9(7-13(19)15(14)23)6-12-16(24)21-18(27)22(17(12)25)11-4-2-10(20)3-5-11/h2-8,23H,1H3,(H,21,24,27)/b12-6-. The average molecular weight is 468 g/mol. The Kier molecular flexibility index (Phi) is 5.50. The second kappa shape index (κ2) is 7.67. The third kappa shape index (κ3) is 3.83. The Labute approximate surface area is 173 Å². The minimum Gasteiger partial charge on any atom is -0.503 e. The first-order valence-electron chi connectivity index (χ1n) is 7.55. The number of ether oxygens (including phenoxy) is 1. The van der Waals surface area contributed by atoms with Gasteiger partial charge in [0.25, 0.3) is 11.8 Å². The number of phenols is 1. The Morgan fingerprint density at radius 1 is 1.26 bits per heavy atom. The molecule has 138 valence electrons. The summed E-state index contributed by atoms with van der Waals surface area (Å²) in [4.78, 5) is 26.5. The Morgan fingerprint density at radius 3 is 2.56 bits per heavy atom. The van der Waals surface area contributed by atoms with Crippen molar-refractivity contribution in [3.63, 3.8) is 0 Å². The lowest BCUT2D eigenvalue weighted by Crippen LogP contribution is -2.54. The zero-order valence-electron chi connectivity index (χ0n) is 13.8. The van der Waals surface area contributed by atoms with Gasteiger partial charge in [0.2, 0.25) is 0 Å². The van der Waals surface area contributed by atoms with Crippen LogP contribution in [0.15, 0.2) is 46.4 Å². The summed E-state index contributed by atoms with van der Waals surface area (Å²) in [7, 11) is 1.40. The van der Waals surface area contributed by atoms with E-state index >= 15 is 0 Å². The summed E-state index contributed by atoms with van der Waals surface area (Å²) in [5, 5.41) is 12.9. The van der Waals surface area contributed by atoms with Gasteiger partial charge in [0.15, 0.2) is 16.6 Å². The molecule has 3 rings (SSSR count). The van der Waals surface area contributed by atoms with Crippen LogP contribution in [0.5, 0.6) is 11.5 Å². The fourth-order valence-corrected chi connectivity index (χ4v) is 3.35. The molecule has 2 amide bonds. The Hall–Kier alpha value is -2.42. The molecule has 2 aromatic rings. The molecular formula is C18H12BrClN2O4S. The van der Waals surface area contributed by atoms with Gasteiger partial charge in [0.1, 0.15) is 5.57 Å². The number of amides is 2. The number of thiocarbonyl (C=S) groups is 1. The van der Waals surface area contributed by atoms with Gasteiger partial charge in [0.05, 0.1) is 17.3 Å². The van der Waals surface area contributed by atoms with Crippen molar-refractivity contribution >= 4 is 68.4 Å². The predicted molar refractivity (Wildman–Crippen MR) is 110 cm³/mol. The fraction of sp³-hybridized carbons (Fsp3) is 0.0556. The highest BCUT2D eigenvalue weighted by atomic mass is 79.9. The number of methoxy groups -OCH3 is 1. The molecule has 1 fully saturated rings. The van der Waals surface area contributed by atoms with Crippen molar-refractivity contribution in [2.75, 3.05) is 12.0 Å². The molecule has 0 bridgehead atoms. The highest BCUT2D eigenvalue weighted by Gasteiger charge is 2.34. The molecule has 0 radical (unpaired) electrons. The van der Waals surface area contributed by atoms with Crippen molar-refractivity contribution in [2.24, 2.45) is 0 Å². The summed E-state index contributed by atoms with van der Waals surface area (Å²) in [6.45, 7) is 0. The van der Waals surface area contributed by atoms with Crippen molar-refractivity contribution in [1.82, 2.24) is 5.32 Å². The monoisotopic (exact) mass is 466 g/mol. The number of hydrogen-bond acceptors (Lipinski definition) is 5. The van der Waals surface area contributed by atoms with Gasteiger partial charge in [-0.05, 0) is 76.2 Å². The lowest BCUT2D eigenvalue weighted by Gasteiger charge is -2.29. The van der Waals surface area contributed by atoms with Crippen molar-refractivity contribution in [3.8, 4) is 11.5 Å². The van der Waals surface area contributed by atoms with E-state index in [0.29, 0.717) is 20.7 Å². The van der Waals surface area contributed by atoms with E-state index in [1.807, 2.05) is 0 Å². The zero-order chi connectivity index (χ0) is 19.7. The summed E-state index contributed by atoms with van der Waals surface area (Å²) in [5.74, 6) is -1.07. The van der Waals surface area contributed by atoms with E-state index in [1.165, 1.54) is 24.2 Å². The number of rotatable bonds is 3. The molecule has 2 N–H and O–H groups in total. The SMILES string of the molecule is COc1cc(/C=C2/C(=O)NC(=S)N(c3ccc(Cl)cc3)C2=O)cc(Br)c1O. The number of carbonyl (C=O) groups is 2. The molecular weight excluding hydrogens is 456 g/mol. The molecule has 1 aliphatic heterocycles. The van der Waals surface area contributed by atoms with Crippen molar-refractivity contribution in [3.05, 3.63) is 57.0 Å². The second-order valence-corrected chi connectivity index (χ2v) is 7.17. The second-order valence-electron chi connectivity index (χ2n) is 5.49. The van der Waals surface area contributed by atoms with Crippen LogP contribution in [0.3, 0.4) is 0 Å². The van der Waals surface area contributed by atoms with Crippen LogP contribution in [0.25, 0.3) is 6.08 Å². The Balaban J connectivity index is 2.04.